The first-order valence-corrected chi connectivity index (χ1v) is 9.37. The predicted octanol–water partition coefficient (Wildman–Crippen LogP) is 2.92. The summed E-state index contributed by atoms with van der Waals surface area (Å²) in [5, 5.41) is 2.89. The van der Waals surface area contributed by atoms with Crippen molar-refractivity contribution in [2.75, 3.05) is 27.2 Å². The molecular weight excluding hydrogens is 356 g/mol. The molecule has 0 saturated carbocycles. The van der Waals surface area contributed by atoms with E-state index in [1.165, 1.54) is 7.11 Å². The fraction of sp³-hybridized carbons (Fsp3) is 0.476. The average Bonchev–Trinajstić information content (AvgIpc) is 3.14. The monoisotopic (exact) mass is 386 g/mol. The Balaban J connectivity index is 1.83. The molecular formula is C21H30N4O3. The SMILES string of the molecule is COc1cc(C(=O)N(C)CCCNC(=O)c2ccc(C(C)(C)C)[nH]2)cc(C)n1. The molecule has 7 nitrogen and oxygen atoms in total. The smallest absolute Gasteiger partial charge is 0.267 e. The molecule has 0 fully saturated rings. The van der Waals surface area contributed by atoms with Gasteiger partial charge in [0.2, 0.25) is 5.88 Å². The van der Waals surface area contributed by atoms with Crippen molar-refractivity contribution in [2.45, 2.75) is 39.5 Å². The second-order valence-corrected chi connectivity index (χ2v) is 7.91. The normalized spacial score (nSPS) is 11.2. The lowest BCUT2D eigenvalue weighted by atomic mass is 9.93. The molecule has 2 amide bonds. The van der Waals surface area contributed by atoms with Gasteiger partial charge in [-0.25, -0.2) is 4.98 Å². The third-order valence-electron chi connectivity index (χ3n) is 4.43. The summed E-state index contributed by atoms with van der Waals surface area (Å²) < 4.78 is 5.12. The first-order chi connectivity index (χ1) is 13.1. The highest BCUT2D eigenvalue weighted by atomic mass is 16.5. The summed E-state index contributed by atoms with van der Waals surface area (Å²) in [6.45, 7) is 9.11. The maximum atomic E-state index is 12.6. The van der Waals surface area contributed by atoms with Crippen molar-refractivity contribution in [1.29, 1.82) is 0 Å². The summed E-state index contributed by atoms with van der Waals surface area (Å²) in [5.41, 5.74) is 2.80. The van der Waals surface area contributed by atoms with Gasteiger partial charge in [0, 0.05) is 48.6 Å². The van der Waals surface area contributed by atoms with E-state index in [0.29, 0.717) is 36.6 Å². The van der Waals surface area contributed by atoms with Gasteiger partial charge in [-0.05, 0) is 31.5 Å². The number of rotatable bonds is 7. The number of hydrogen-bond acceptors (Lipinski definition) is 4. The zero-order valence-electron chi connectivity index (χ0n) is 17.5. The molecule has 7 heteroatoms. The number of aromatic nitrogens is 2. The van der Waals surface area contributed by atoms with Gasteiger partial charge in [-0.15, -0.1) is 0 Å². The molecule has 2 rings (SSSR count). The third kappa shape index (κ3) is 5.58. The Morgan fingerprint density at radius 1 is 1.25 bits per heavy atom. The summed E-state index contributed by atoms with van der Waals surface area (Å²) in [6, 6.07) is 7.10. The van der Waals surface area contributed by atoms with Gasteiger partial charge in [0.15, 0.2) is 0 Å². The Kier molecular flexibility index (Phi) is 6.83. The number of pyridine rings is 1. The Labute approximate surface area is 166 Å². The molecule has 2 N–H and O–H groups in total. The van der Waals surface area contributed by atoms with Crippen LogP contribution in [-0.4, -0.2) is 53.9 Å². The highest BCUT2D eigenvalue weighted by molar-refractivity contribution is 5.94. The van der Waals surface area contributed by atoms with Crippen LogP contribution in [0.25, 0.3) is 0 Å². The Bertz CT molecular complexity index is 836. The molecule has 0 aliphatic rings. The molecule has 0 atom stereocenters. The first-order valence-electron chi connectivity index (χ1n) is 9.37. The van der Waals surface area contributed by atoms with Gasteiger partial charge in [0.05, 0.1) is 7.11 Å². The minimum absolute atomic E-state index is 0.0321. The number of amides is 2. The minimum Gasteiger partial charge on any atom is -0.481 e. The number of carbonyl (C=O) groups is 2. The number of H-pyrrole nitrogens is 1. The van der Waals surface area contributed by atoms with Gasteiger partial charge >= 0.3 is 0 Å². The highest BCUT2D eigenvalue weighted by Crippen LogP contribution is 2.21. The van der Waals surface area contributed by atoms with Crippen LogP contribution in [0.1, 0.15) is 59.4 Å². The minimum atomic E-state index is -0.140. The quantitative estimate of drug-likeness (QED) is 0.716. The number of aryl methyl sites for hydroxylation is 1. The van der Waals surface area contributed by atoms with Crippen molar-refractivity contribution in [3.63, 3.8) is 0 Å². The maximum absolute atomic E-state index is 12.6. The van der Waals surface area contributed by atoms with Crippen LogP contribution in [0.4, 0.5) is 0 Å². The molecule has 0 aliphatic carbocycles. The lowest BCUT2D eigenvalue weighted by Gasteiger charge is -2.18. The summed E-state index contributed by atoms with van der Waals surface area (Å²) >= 11 is 0. The standard InChI is InChI=1S/C21H30N4O3/c1-14-12-15(13-18(23-14)28-6)20(27)25(5)11-7-10-22-19(26)16-8-9-17(24-16)21(2,3)4/h8-9,12-13,24H,7,10-11H2,1-6H3,(H,22,26). The van der Waals surface area contributed by atoms with Gasteiger partial charge in [-0.1, -0.05) is 20.8 Å². The molecule has 2 heterocycles. The first kappa shape index (κ1) is 21.5. The van der Waals surface area contributed by atoms with E-state index in [1.54, 1.807) is 30.1 Å². The number of methoxy groups -OCH3 is 1. The van der Waals surface area contributed by atoms with Gasteiger partial charge in [0.1, 0.15) is 5.69 Å². The van der Waals surface area contributed by atoms with E-state index >= 15 is 0 Å². The van der Waals surface area contributed by atoms with E-state index in [1.807, 2.05) is 13.0 Å². The zero-order valence-corrected chi connectivity index (χ0v) is 17.5. The van der Waals surface area contributed by atoms with Crippen LogP contribution in [0.3, 0.4) is 0 Å². The molecule has 0 saturated heterocycles. The Morgan fingerprint density at radius 3 is 2.57 bits per heavy atom. The molecule has 152 valence electrons. The van der Waals surface area contributed by atoms with Crippen LogP contribution >= 0.6 is 0 Å². The number of nitrogens with one attached hydrogen (secondary N) is 2. The van der Waals surface area contributed by atoms with Crippen molar-refractivity contribution in [3.05, 3.63) is 46.9 Å². The van der Waals surface area contributed by atoms with Crippen LogP contribution in [0.5, 0.6) is 5.88 Å². The predicted molar refractivity (Wildman–Crippen MR) is 109 cm³/mol. The molecule has 0 aliphatic heterocycles. The number of ether oxygens (including phenoxy) is 1. The van der Waals surface area contributed by atoms with Crippen LogP contribution < -0.4 is 10.1 Å². The third-order valence-corrected chi connectivity index (χ3v) is 4.43. The fourth-order valence-electron chi connectivity index (χ4n) is 2.77. The van der Waals surface area contributed by atoms with Crippen LogP contribution in [0.15, 0.2) is 24.3 Å². The Morgan fingerprint density at radius 2 is 1.96 bits per heavy atom. The van der Waals surface area contributed by atoms with E-state index in [0.717, 1.165) is 11.4 Å². The van der Waals surface area contributed by atoms with Gasteiger partial charge < -0.3 is 19.9 Å². The van der Waals surface area contributed by atoms with Gasteiger partial charge in [0.25, 0.3) is 11.8 Å². The van der Waals surface area contributed by atoms with E-state index in [9.17, 15) is 9.59 Å². The summed E-state index contributed by atoms with van der Waals surface area (Å²) in [5.74, 6) is 0.179. The largest absolute Gasteiger partial charge is 0.481 e. The summed E-state index contributed by atoms with van der Waals surface area (Å²) in [6.07, 6.45) is 0.655. The zero-order chi connectivity index (χ0) is 20.9. The molecule has 0 spiro atoms. The molecule has 0 unspecified atom stereocenters. The van der Waals surface area contributed by atoms with Crippen molar-refractivity contribution >= 4 is 11.8 Å². The molecule has 0 radical (unpaired) electrons. The van der Waals surface area contributed by atoms with Crippen LogP contribution in [0.2, 0.25) is 0 Å². The van der Waals surface area contributed by atoms with Crippen LogP contribution in [0, 0.1) is 6.92 Å². The van der Waals surface area contributed by atoms with Gasteiger partial charge in [-0.2, -0.15) is 0 Å². The number of nitrogens with zero attached hydrogens (tertiary/aromatic N) is 2. The molecule has 2 aromatic heterocycles. The van der Waals surface area contributed by atoms with Crippen molar-refractivity contribution in [1.82, 2.24) is 20.2 Å². The van der Waals surface area contributed by atoms with Crippen molar-refractivity contribution in [3.8, 4) is 5.88 Å². The summed E-state index contributed by atoms with van der Waals surface area (Å²) in [4.78, 5) is 33.8. The average molecular weight is 386 g/mol. The van der Waals surface area contributed by atoms with E-state index in [-0.39, 0.29) is 17.2 Å². The summed E-state index contributed by atoms with van der Waals surface area (Å²) in [7, 11) is 3.27. The number of carbonyl (C=O) groups excluding carboxylic acids is 2. The molecule has 0 aromatic carbocycles. The van der Waals surface area contributed by atoms with E-state index in [2.05, 4.69) is 36.1 Å². The second kappa shape index (κ2) is 8.91. The highest BCUT2D eigenvalue weighted by Gasteiger charge is 2.18. The van der Waals surface area contributed by atoms with E-state index < -0.39 is 0 Å². The Hall–Kier alpha value is -2.83. The molecule has 2 aromatic rings. The van der Waals surface area contributed by atoms with Crippen molar-refractivity contribution < 1.29 is 14.3 Å². The van der Waals surface area contributed by atoms with Crippen molar-refractivity contribution in [2.24, 2.45) is 0 Å². The fourth-order valence-corrected chi connectivity index (χ4v) is 2.77. The lowest BCUT2D eigenvalue weighted by molar-refractivity contribution is 0.0792. The second-order valence-electron chi connectivity index (χ2n) is 7.91. The van der Waals surface area contributed by atoms with Gasteiger partial charge in [-0.3, -0.25) is 9.59 Å². The molecule has 28 heavy (non-hydrogen) atoms. The molecule has 0 bridgehead atoms. The maximum Gasteiger partial charge on any atom is 0.267 e. The van der Waals surface area contributed by atoms with E-state index in [4.69, 9.17) is 4.74 Å². The topological polar surface area (TPSA) is 87.3 Å². The number of hydrogen-bond donors (Lipinski definition) is 2. The van der Waals surface area contributed by atoms with Crippen LogP contribution in [-0.2, 0) is 5.41 Å². The number of aromatic amines is 1. The lowest BCUT2D eigenvalue weighted by Crippen LogP contribution is -2.31.